The van der Waals surface area contributed by atoms with Gasteiger partial charge in [0.1, 0.15) is 5.75 Å². The Morgan fingerprint density at radius 2 is 2.24 bits per heavy atom. The van der Waals surface area contributed by atoms with E-state index in [9.17, 15) is 9.90 Å². The van der Waals surface area contributed by atoms with Gasteiger partial charge < -0.3 is 10.4 Å². The predicted octanol–water partition coefficient (Wildman–Crippen LogP) is 2.99. The molecule has 17 heavy (non-hydrogen) atoms. The molecule has 0 radical (unpaired) electrons. The Kier molecular flexibility index (Phi) is 5.48. The fourth-order valence-electron chi connectivity index (χ4n) is 1.48. The van der Waals surface area contributed by atoms with E-state index in [0.717, 1.165) is 12.8 Å². The number of hydrogen-bond donors (Lipinski definition) is 2. The first-order chi connectivity index (χ1) is 8.06. The number of rotatable bonds is 5. The van der Waals surface area contributed by atoms with Crippen molar-refractivity contribution in [2.75, 3.05) is 6.54 Å². The molecular formula is C13H18BrNO2. The lowest BCUT2D eigenvalue weighted by atomic mass is 10.1. The maximum atomic E-state index is 11.8. The number of aryl methyl sites for hydroxylation is 1. The van der Waals surface area contributed by atoms with E-state index in [4.69, 9.17) is 0 Å². The first kappa shape index (κ1) is 14.0. The van der Waals surface area contributed by atoms with Crippen molar-refractivity contribution in [2.24, 2.45) is 0 Å². The first-order valence-corrected chi connectivity index (χ1v) is 6.68. The van der Waals surface area contributed by atoms with Gasteiger partial charge in [-0.2, -0.15) is 0 Å². The maximum absolute atomic E-state index is 11.8. The van der Waals surface area contributed by atoms with Crippen molar-refractivity contribution in [2.45, 2.75) is 31.5 Å². The van der Waals surface area contributed by atoms with Crippen molar-refractivity contribution in [1.82, 2.24) is 5.32 Å². The van der Waals surface area contributed by atoms with Gasteiger partial charge in [-0.25, -0.2) is 0 Å². The highest BCUT2D eigenvalue weighted by Gasteiger charge is 2.12. The molecule has 4 heteroatoms. The van der Waals surface area contributed by atoms with E-state index in [1.54, 1.807) is 25.1 Å². The molecule has 0 aliphatic carbocycles. The second-order valence-corrected chi connectivity index (χ2v) is 5.32. The highest BCUT2D eigenvalue weighted by molar-refractivity contribution is 9.09. The average molecular weight is 300 g/mol. The third-order valence-corrected chi connectivity index (χ3v) is 3.77. The van der Waals surface area contributed by atoms with Crippen LogP contribution in [0.5, 0.6) is 5.75 Å². The molecule has 1 aromatic rings. The SMILES string of the molecule is CCC(Br)CCNC(=O)c1cccc(C)c1O. The summed E-state index contributed by atoms with van der Waals surface area (Å²) in [6.07, 6.45) is 1.92. The number of alkyl halides is 1. The second-order valence-electron chi connectivity index (χ2n) is 4.02. The van der Waals surface area contributed by atoms with Crippen molar-refractivity contribution in [1.29, 1.82) is 0 Å². The van der Waals surface area contributed by atoms with Gasteiger partial charge in [-0.15, -0.1) is 0 Å². The minimum absolute atomic E-state index is 0.0656. The van der Waals surface area contributed by atoms with Crippen molar-refractivity contribution in [3.05, 3.63) is 29.3 Å². The van der Waals surface area contributed by atoms with Gasteiger partial charge >= 0.3 is 0 Å². The number of carbonyl (C=O) groups is 1. The van der Waals surface area contributed by atoms with Crippen molar-refractivity contribution < 1.29 is 9.90 Å². The fourth-order valence-corrected chi connectivity index (χ4v) is 1.71. The van der Waals surface area contributed by atoms with Gasteiger partial charge in [0.2, 0.25) is 0 Å². The predicted molar refractivity (Wildman–Crippen MR) is 72.8 cm³/mol. The number of para-hydroxylation sites is 1. The number of amides is 1. The molecular weight excluding hydrogens is 282 g/mol. The fraction of sp³-hybridized carbons (Fsp3) is 0.462. The van der Waals surface area contributed by atoms with E-state index in [2.05, 4.69) is 28.2 Å². The van der Waals surface area contributed by atoms with Crippen LogP contribution in [-0.2, 0) is 0 Å². The third kappa shape index (κ3) is 4.04. The Bertz CT molecular complexity index is 393. The number of nitrogens with one attached hydrogen (secondary N) is 1. The Balaban J connectivity index is 2.56. The second kappa shape index (κ2) is 6.64. The minimum Gasteiger partial charge on any atom is -0.507 e. The van der Waals surface area contributed by atoms with E-state index in [1.165, 1.54) is 0 Å². The number of hydrogen-bond acceptors (Lipinski definition) is 2. The zero-order valence-corrected chi connectivity index (χ0v) is 11.8. The van der Waals surface area contributed by atoms with E-state index < -0.39 is 0 Å². The summed E-state index contributed by atoms with van der Waals surface area (Å²) in [6, 6.07) is 5.17. The standard InChI is InChI=1S/C13H18BrNO2/c1-3-10(14)7-8-15-13(17)11-6-4-5-9(2)12(11)16/h4-6,10,16H,3,7-8H2,1-2H3,(H,15,17). The lowest BCUT2D eigenvalue weighted by Crippen LogP contribution is -2.26. The van der Waals surface area contributed by atoms with E-state index in [0.29, 0.717) is 22.5 Å². The number of aromatic hydroxyl groups is 1. The molecule has 0 heterocycles. The quantitative estimate of drug-likeness (QED) is 0.821. The van der Waals surface area contributed by atoms with Gasteiger partial charge in [-0.05, 0) is 31.4 Å². The first-order valence-electron chi connectivity index (χ1n) is 5.77. The molecule has 0 aliphatic rings. The zero-order valence-electron chi connectivity index (χ0n) is 10.2. The summed E-state index contributed by atoms with van der Waals surface area (Å²) in [5.74, 6) is -0.155. The van der Waals surface area contributed by atoms with Crippen LogP contribution in [0, 0.1) is 6.92 Å². The third-order valence-electron chi connectivity index (χ3n) is 2.67. The lowest BCUT2D eigenvalue weighted by molar-refractivity contribution is 0.0950. The number of halogens is 1. The van der Waals surface area contributed by atoms with E-state index in [-0.39, 0.29) is 11.7 Å². The maximum Gasteiger partial charge on any atom is 0.255 e. The number of carbonyl (C=O) groups excluding carboxylic acids is 1. The van der Waals surface area contributed by atoms with Crippen LogP contribution in [0.15, 0.2) is 18.2 Å². The van der Waals surface area contributed by atoms with E-state index >= 15 is 0 Å². The summed E-state index contributed by atoms with van der Waals surface area (Å²) in [4.78, 5) is 12.2. The monoisotopic (exact) mass is 299 g/mol. The molecule has 0 spiro atoms. The van der Waals surface area contributed by atoms with Crippen LogP contribution < -0.4 is 5.32 Å². The van der Waals surface area contributed by atoms with Crippen LogP contribution in [0.3, 0.4) is 0 Å². The summed E-state index contributed by atoms with van der Waals surface area (Å²) in [6.45, 7) is 4.47. The van der Waals surface area contributed by atoms with Crippen LogP contribution in [0.1, 0.15) is 35.7 Å². The molecule has 2 N–H and O–H groups in total. The molecule has 1 amide bonds. The Labute approximate surface area is 110 Å². The molecule has 0 aromatic heterocycles. The molecule has 1 aromatic carbocycles. The molecule has 0 fully saturated rings. The molecule has 94 valence electrons. The summed E-state index contributed by atoms with van der Waals surface area (Å²) >= 11 is 3.51. The Morgan fingerprint density at radius 1 is 1.53 bits per heavy atom. The molecule has 1 atom stereocenters. The highest BCUT2D eigenvalue weighted by atomic mass is 79.9. The Hall–Kier alpha value is -1.03. The zero-order chi connectivity index (χ0) is 12.8. The normalized spacial score (nSPS) is 12.2. The van der Waals surface area contributed by atoms with Crippen LogP contribution in [-0.4, -0.2) is 22.4 Å². The van der Waals surface area contributed by atoms with Crippen molar-refractivity contribution in [3.8, 4) is 5.75 Å². The largest absolute Gasteiger partial charge is 0.507 e. The highest BCUT2D eigenvalue weighted by Crippen LogP contribution is 2.21. The van der Waals surface area contributed by atoms with Gasteiger partial charge in [0.05, 0.1) is 5.56 Å². The topological polar surface area (TPSA) is 49.3 Å². The van der Waals surface area contributed by atoms with Crippen molar-refractivity contribution >= 4 is 21.8 Å². The summed E-state index contributed by atoms with van der Waals surface area (Å²) < 4.78 is 0. The van der Waals surface area contributed by atoms with Crippen molar-refractivity contribution in [3.63, 3.8) is 0 Å². The molecule has 0 aliphatic heterocycles. The average Bonchev–Trinajstić information content (AvgIpc) is 2.32. The van der Waals surface area contributed by atoms with Gasteiger partial charge in [0, 0.05) is 11.4 Å². The molecule has 0 bridgehead atoms. The van der Waals surface area contributed by atoms with Gasteiger partial charge in [-0.3, -0.25) is 4.79 Å². The molecule has 1 unspecified atom stereocenters. The molecule has 0 saturated heterocycles. The number of phenolic OH excluding ortho intramolecular Hbond substituents is 1. The summed E-state index contributed by atoms with van der Waals surface area (Å²) in [5, 5.41) is 12.6. The Morgan fingerprint density at radius 3 is 2.88 bits per heavy atom. The smallest absolute Gasteiger partial charge is 0.255 e. The minimum atomic E-state index is -0.220. The summed E-state index contributed by atoms with van der Waals surface area (Å²) in [7, 11) is 0. The van der Waals surface area contributed by atoms with Gasteiger partial charge in [0.15, 0.2) is 0 Å². The number of benzene rings is 1. The van der Waals surface area contributed by atoms with Crippen LogP contribution in [0.2, 0.25) is 0 Å². The molecule has 3 nitrogen and oxygen atoms in total. The van der Waals surface area contributed by atoms with Gasteiger partial charge in [0.25, 0.3) is 5.91 Å². The summed E-state index contributed by atoms with van der Waals surface area (Å²) in [5.41, 5.74) is 1.05. The van der Waals surface area contributed by atoms with Crippen LogP contribution in [0.25, 0.3) is 0 Å². The molecule has 1 rings (SSSR count). The molecule has 0 saturated carbocycles. The van der Waals surface area contributed by atoms with E-state index in [1.807, 2.05) is 0 Å². The van der Waals surface area contributed by atoms with Crippen LogP contribution in [0.4, 0.5) is 0 Å². The number of phenols is 1. The lowest BCUT2D eigenvalue weighted by Gasteiger charge is -2.10. The van der Waals surface area contributed by atoms with Crippen LogP contribution >= 0.6 is 15.9 Å². The van der Waals surface area contributed by atoms with Gasteiger partial charge in [-0.1, -0.05) is 35.0 Å².